The van der Waals surface area contributed by atoms with E-state index in [2.05, 4.69) is 5.32 Å². The van der Waals surface area contributed by atoms with Crippen LogP contribution in [0.4, 0.5) is 0 Å². The van der Waals surface area contributed by atoms with Gasteiger partial charge in [0.25, 0.3) is 11.8 Å². The maximum atomic E-state index is 11.9. The molecule has 1 aliphatic carbocycles. The molecular weight excluding hydrogens is 290 g/mol. The van der Waals surface area contributed by atoms with E-state index in [1.54, 1.807) is 24.3 Å². The Labute approximate surface area is 126 Å². The first-order valence-electron chi connectivity index (χ1n) is 7.02. The van der Waals surface area contributed by atoms with Crippen LogP contribution in [0, 0.1) is 5.92 Å². The minimum atomic E-state index is -0.919. The van der Waals surface area contributed by atoms with Crippen LogP contribution in [-0.4, -0.2) is 37.1 Å². The number of amides is 2. The topological polar surface area (TPSA) is 90.9 Å². The summed E-state index contributed by atoms with van der Waals surface area (Å²) in [5.41, 5.74) is 0. The monoisotopic (exact) mass is 305 g/mol. The summed E-state index contributed by atoms with van der Waals surface area (Å²) >= 11 is 0. The molecule has 0 aromatic heterocycles. The number of carbonyl (C=O) groups is 3. The van der Waals surface area contributed by atoms with Gasteiger partial charge in [-0.15, -0.1) is 0 Å². The molecule has 1 atom stereocenters. The van der Waals surface area contributed by atoms with Gasteiger partial charge in [0.2, 0.25) is 6.10 Å². The normalized spacial score (nSPS) is 19.2. The molecule has 1 N–H and O–H groups in total. The maximum absolute atomic E-state index is 11.9. The lowest BCUT2D eigenvalue weighted by molar-refractivity contribution is -0.151. The molecule has 0 bridgehead atoms. The van der Waals surface area contributed by atoms with Crippen LogP contribution in [0.2, 0.25) is 0 Å². The lowest BCUT2D eigenvalue weighted by atomic mass is 10.2. The van der Waals surface area contributed by atoms with Crippen molar-refractivity contribution in [2.75, 3.05) is 13.2 Å². The van der Waals surface area contributed by atoms with Crippen molar-refractivity contribution in [3.8, 4) is 11.5 Å². The molecule has 1 aromatic rings. The molecule has 7 heteroatoms. The average Bonchev–Trinajstić information content (AvgIpc) is 3.37. The summed E-state index contributed by atoms with van der Waals surface area (Å²) in [6, 6.07) is 6.95. The molecule has 0 saturated heterocycles. The second kappa shape index (κ2) is 6.05. The third kappa shape index (κ3) is 3.36. The Bertz CT molecular complexity index is 610. The summed E-state index contributed by atoms with van der Waals surface area (Å²) in [5.74, 6) is -0.787. The van der Waals surface area contributed by atoms with E-state index < -0.39 is 30.5 Å². The van der Waals surface area contributed by atoms with Gasteiger partial charge in [-0.1, -0.05) is 12.1 Å². The smallest absolute Gasteiger partial charge is 0.309 e. The number of esters is 1. The number of hydrogen-bond acceptors (Lipinski definition) is 6. The summed E-state index contributed by atoms with van der Waals surface area (Å²) in [4.78, 5) is 34.8. The third-order valence-corrected chi connectivity index (χ3v) is 3.32. The summed E-state index contributed by atoms with van der Waals surface area (Å²) in [7, 11) is 0. The second-order valence-corrected chi connectivity index (χ2v) is 5.16. The van der Waals surface area contributed by atoms with Gasteiger partial charge in [0, 0.05) is 0 Å². The van der Waals surface area contributed by atoms with Crippen LogP contribution >= 0.6 is 0 Å². The zero-order chi connectivity index (χ0) is 15.5. The number of carbonyl (C=O) groups excluding carboxylic acids is 3. The van der Waals surface area contributed by atoms with Crippen LogP contribution in [0.3, 0.4) is 0 Å². The van der Waals surface area contributed by atoms with Crippen LogP contribution in [0.15, 0.2) is 24.3 Å². The minimum Gasteiger partial charge on any atom is -0.485 e. The quantitative estimate of drug-likeness (QED) is 0.811. The fourth-order valence-corrected chi connectivity index (χ4v) is 1.98. The van der Waals surface area contributed by atoms with Gasteiger partial charge in [0.15, 0.2) is 18.1 Å². The van der Waals surface area contributed by atoms with Gasteiger partial charge < -0.3 is 14.2 Å². The van der Waals surface area contributed by atoms with Crippen molar-refractivity contribution in [1.29, 1.82) is 0 Å². The van der Waals surface area contributed by atoms with Crippen LogP contribution in [0.25, 0.3) is 0 Å². The molecule has 3 rings (SSSR count). The predicted molar refractivity (Wildman–Crippen MR) is 73.2 cm³/mol. The molecule has 1 saturated carbocycles. The Balaban J connectivity index is 1.47. The van der Waals surface area contributed by atoms with Gasteiger partial charge in [0.05, 0.1) is 5.92 Å². The Morgan fingerprint density at radius 2 is 1.91 bits per heavy atom. The van der Waals surface area contributed by atoms with Gasteiger partial charge in [-0.2, -0.15) is 0 Å². The molecular formula is C15H15NO6. The summed E-state index contributed by atoms with van der Waals surface area (Å²) in [5, 5.41) is 2.14. The van der Waals surface area contributed by atoms with Gasteiger partial charge in [0.1, 0.15) is 6.61 Å². The van der Waals surface area contributed by atoms with E-state index in [0.717, 1.165) is 12.8 Å². The lowest BCUT2D eigenvalue weighted by Crippen LogP contribution is -2.47. The molecule has 1 aromatic carbocycles. The van der Waals surface area contributed by atoms with Gasteiger partial charge in [-0.25, -0.2) is 0 Å². The number of imide groups is 1. The molecule has 1 fully saturated rings. The molecule has 7 nitrogen and oxygen atoms in total. The van der Waals surface area contributed by atoms with E-state index >= 15 is 0 Å². The minimum absolute atomic E-state index is 0.0119. The van der Waals surface area contributed by atoms with Crippen molar-refractivity contribution < 1.29 is 28.6 Å². The predicted octanol–water partition coefficient (Wildman–Crippen LogP) is 0.422. The Morgan fingerprint density at radius 1 is 1.18 bits per heavy atom. The first kappa shape index (κ1) is 14.4. The van der Waals surface area contributed by atoms with Gasteiger partial charge in [-0.05, 0) is 25.0 Å². The maximum Gasteiger partial charge on any atom is 0.309 e. The number of benzene rings is 1. The van der Waals surface area contributed by atoms with E-state index in [1.807, 2.05) is 0 Å². The number of rotatable bonds is 4. The number of fused-ring (bicyclic) bond motifs is 1. The Kier molecular flexibility index (Phi) is 3.95. The van der Waals surface area contributed by atoms with E-state index in [4.69, 9.17) is 14.2 Å². The standard InChI is InChI=1S/C15H15NO6/c17-13(8-21-15(19)9-5-6-9)16-14(18)12-7-20-10-3-1-2-4-11(10)22-12/h1-4,9,12H,5-8H2,(H,16,17,18)/t12-/m0/s1. The molecule has 0 spiro atoms. The first-order valence-corrected chi connectivity index (χ1v) is 7.02. The third-order valence-electron chi connectivity index (χ3n) is 3.32. The number of para-hydroxylation sites is 2. The van der Waals surface area contributed by atoms with E-state index in [-0.39, 0.29) is 12.5 Å². The van der Waals surface area contributed by atoms with Crippen LogP contribution in [-0.2, 0) is 19.1 Å². The van der Waals surface area contributed by atoms with Crippen molar-refractivity contribution in [3.63, 3.8) is 0 Å². The Hall–Kier alpha value is -2.57. The van der Waals surface area contributed by atoms with Crippen LogP contribution in [0.1, 0.15) is 12.8 Å². The molecule has 1 aliphatic heterocycles. The molecule has 2 aliphatic rings. The van der Waals surface area contributed by atoms with Gasteiger partial charge in [-0.3, -0.25) is 19.7 Å². The largest absolute Gasteiger partial charge is 0.485 e. The molecule has 2 amide bonds. The lowest BCUT2D eigenvalue weighted by Gasteiger charge is -2.25. The highest BCUT2D eigenvalue weighted by molar-refractivity contribution is 5.98. The summed E-state index contributed by atoms with van der Waals surface area (Å²) in [6.07, 6.45) is 0.677. The highest BCUT2D eigenvalue weighted by Crippen LogP contribution is 2.31. The van der Waals surface area contributed by atoms with E-state index in [0.29, 0.717) is 11.5 Å². The van der Waals surface area contributed by atoms with Crippen LogP contribution < -0.4 is 14.8 Å². The SMILES string of the molecule is O=C(COC(=O)C1CC1)NC(=O)[C@@H]1COc2ccccc2O1. The van der Waals surface area contributed by atoms with Crippen molar-refractivity contribution in [2.24, 2.45) is 5.92 Å². The zero-order valence-corrected chi connectivity index (χ0v) is 11.7. The molecule has 1 heterocycles. The average molecular weight is 305 g/mol. The molecule has 0 unspecified atom stereocenters. The number of nitrogens with one attached hydrogen (secondary N) is 1. The Morgan fingerprint density at radius 3 is 2.64 bits per heavy atom. The highest BCUT2D eigenvalue weighted by Gasteiger charge is 2.32. The number of ether oxygens (including phenoxy) is 3. The summed E-state index contributed by atoms with van der Waals surface area (Å²) < 4.78 is 15.7. The zero-order valence-electron chi connectivity index (χ0n) is 11.7. The highest BCUT2D eigenvalue weighted by atomic mass is 16.6. The van der Waals surface area contributed by atoms with Crippen molar-refractivity contribution in [2.45, 2.75) is 18.9 Å². The number of hydrogen-bond donors (Lipinski definition) is 1. The van der Waals surface area contributed by atoms with E-state index in [1.165, 1.54) is 0 Å². The van der Waals surface area contributed by atoms with Crippen molar-refractivity contribution >= 4 is 17.8 Å². The van der Waals surface area contributed by atoms with Crippen molar-refractivity contribution in [1.82, 2.24) is 5.32 Å². The molecule has 116 valence electrons. The van der Waals surface area contributed by atoms with Crippen LogP contribution in [0.5, 0.6) is 11.5 Å². The molecule has 0 radical (unpaired) electrons. The second-order valence-electron chi connectivity index (χ2n) is 5.16. The van der Waals surface area contributed by atoms with Crippen molar-refractivity contribution in [3.05, 3.63) is 24.3 Å². The summed E-state index contributed by atoms with van der Waals surface area (Å²) in [6.45, 7) is -0.455. The van der Waals surface area contributed by atoms with Gasteiger partial charge >= 0.3 is 5.97 Å². The first-order chi connectivity index (χ1) is 10.6. The molecule has 22 heavy (non-hydrogen) atoms. The van der Waals surface area contributed by atoms with E-state index in [9.17, 15) is 14.4 Å². The fraction of sp³-hybridized carbons (Fsp3) is 0.400. The fourth-order valence-electron chi connectivity index (χ4n) is 1.98.